The summed E-state index contributed by atoms with van der Waals surface area (Å²) in [6.07, 6.45) is 9.18. The number of H-pyrrole nitrogens is 2. The van der Waals surface area contributed by atoms with Gasteiger partial charge in [-0.1, -0.05) is 88.4 Å². The minimum absolute atomic E-state index is 0.0635. The summed E-state index contributed by atoms with van der Waals surface area (Å²) in [5.74, 6) is 1.01. The van der Waals surface area contributed by atoms with Crippen LogP contribution in [0.2, 0.25) is 0 Å². The summed E-state index contributed by atoms with van der Waals surface area (Å²) in [4.78, 5) is 74.8. The summed E-state index contributed by atoms with van der Waals surface area (Å²) in [5, 5.41) is 5.76. The summed E-state index contributed by atoms with van der Waals surface area (Å²) in [5.41, 5.74) is 5.77. The highest BCUT2D eigenvalue weighted by Gasteiger charge is 2.38. The van der Waals surface area contributed by atoms with Crippen LogP contribution >= 0.6 is 0 Å². The highest BCUT2D eigenvalue weighted by atomic mass is 16.2. The van der Waals surface area contributed by atoms with Crippen molar-refractivity contribution in [1.29, 1.82) is 0 Å². The Balaban J connectivity index is 1.10. The molecule has 1 fully saturated rings. The number of carbonyl (C=O) groups is 4. The van der Waals surface area contributed by atoms with E-state index in [1.54, 1.807) is 39.3 Å². The van der Waals surface area contributed by atoms with Gasteiger partial charge in [-0.15, -0.1) is 0 Å². The van der Waals surface area contributed by atoms with E-state index in [0.29, 0.717) is 18.9 Å². The largest absolute Gasteiger partial charge is 0.340 e. The monoisotopic (exact) mass is 762 g/mol. The van der Waals surface area contributed by atoms with Gasteiger partial charge in [-0.05, 0) is 46.9 Å². The Morgan fingerprint density at radius 3 is 1.61 bits per heavy atom. The van der Waals surface area contributed by atoms with Gasteiger partial charge in [-0.3, -0.25) is 9.59 Å². The van der Waals surface area contributed by atoms with E-state index in [0.717, 1.165) is 52.3 Å². The lowest BCUT2D eigenvalue weighted by Gasteiger charge is -2.31. The molecule has 0 bridgehead atoms. The maximum absolute atomic E-state index is 13.7. The van der Waals surface area contributed by atoms with Crippen molar-refractivity contribution in [3.8, 4) is 33.6 Å². The molecule has 14 nitrogen and oxygen atoms in total. The number of rotatable bonds is 11. The lowest BCUT2D eigenvalue weighted by Crippen LogP contribution is -2.53. The van der Waals surface area contributed by atoms with Gasteiger partial charge >= 0.3 is 12.1 Å². The average molecular weight is 763 g/mol. The van der Waals surface area contributed by atoms with Crippen LogP contribution in [0, 0.1) is 11.8 Å². The lowest BCUT2D eigenvalue weighted by atomic mass is 10.0. The van der Waals surface area contributed by atoms with Crippen molar-refractivity contribution in [2.75, 3.05) is 41.3 Å². The molecule has 0 aliphatic carbocycles. The van der Waals surface area contributed by atoms with E-state index in [9.17, 15) is 19.2 Å². The summed E-state index contributed by atoms with van der Waals surface area (Å²) in [7, 11) is 6.63. The Morgan fingerprint density at radius 1 is 0.679 bits per heavy atom. The molecule has 2 aliphatic heterocycles. The van der Waals surface area contributed by atoms with Gasteiger partial charge in [-0.25, -0.2) is 19.6 Å². The van der Waals surface area contributed by atoms with Crippen molar-refractivity contribution < 1.29 is 19.2 Å². The summed E-state index contributed by atoms with van der Waals surface area (Å²) >= 11 is 0. The normalized spacial score (nSPS) is 17.7. The SMILES string of the molecule is CC(C)C(NC(=O)N(C)C)C(=O)N1CC=C[C@H]1c1ncc(-c2ccc(-c3ccc(-c4cnc(C5CCCN5C(=O)[C@@H](NC(=O)N(C)C)C(C)C)[nH]4)cc3)cc2)[nH]1. The minimum atomic E-state index is -0.658. The Labute approximate surface area is 328 Å². The molecular formula is C42H54N10O4. The molecule has 4 atom stereocenters. The number of hydrogen-bond donors (Lipinski definition) is 4. The van der Waals surface area contributed by atoms with Gasteiger partial charge in [0.2, 0.25) is 11.8 Å². The van der Waals surface area contributed by atoms with Crippen LogP contribution < -0.4 is 10.6 Å². The van der Waals surface area contributed by atoms with Crippen LogP contribution in [0.15, 0.2) is 73.1 Å². The van der Waals surface area contributed by atoms with Gasteiger partial charge < -0.3 is 40.2 Å². The van der Waals surface area contributed by atoms with Gasteiger partial charge in [-0.2, -0.15) is 0 Å². The van der Waals surface area contributed by atoms with Crippen LogP contribution in [0.5, 0.6) is 0 Å². The lowest BCUT2D eigenvalue weighted by molar-refractivity contribution is -0.136. The molecule has 2 aromatic carbocycles. The molecule has 0 spiro atoms. The standard InChI is InChI=1S/C42H54N10O4/c1-25(2)35(47-41(55)49(5)6)39(53)51-21-9-11-33(51)37-43-23-31(45-37)29-17-13-27(14-18-29)28-15-19-30(20-16-28)32-24-44-38(46-32)34-12-10-22-52(34)40(54)36(26(3)4)48-42(56)50(7)8/h9,11,13-20,23-26,33-36H,10,12,21-22H2,1-8H3,(H,43,45)(H,44,46)(H,47,55)(H,48,56)/t33-,34?,35?,36-/m0/s1. The van der Waals surface area contributed by atoms with Crippen LogP contribution in [0.4, 0.5) is 9.59 Å². The molecule has 56 heavy (non-hydrogen) atoms. The molecule has 0 saturated carbocycles. The van der Waals surface area contributed by atoms with E-state index in [-0.39, 0.29) is 47.8 Å². The quantitative estimate of drug-likeness (QED) is 0.141. The number of amides is 6. The first-order valence-corrected chi connectivity index (χ1v) is 19.3. The Bertz CT molecular complexity index is 2050. The van der Waals surface area contributed by atoms with E-state index in [4.69, 9.17) is 4.98 Å². The number of nitrogens with one attached hydrogen (secondary N) is 4. The predicted octanol–water partition coefficient (Wildman–Crippen LogP) is 5.83. The maximum atomic E-state index is 13.7. The van der Waals surface area contributed by atoms with Gasteiger partial charge in [0.05, 0.1) is 29.8 Å². The Kier molecular flexibility index (Phi) is 12.0. The van der Waals surface area contributed by atoms with Gasteiger partial charge in [0.15, 0.2) is 0 Å². The molecule has 4 N–H and O–H groups in total. The van der Waals surface area contributed by atoms with Crippen molar-refractivity contribution in [2.24, 2.45) is 11.8 Å². The molecular weight excluding hydrogens is 709 g/mol. The van der Waals surface area contributed by atoms with E-state index in [1.165, 1.54) is 9.80 Å². The molecule has 4 aromatic rings. The number of nitrogens with zero attached hydrogens (tertiary/aromatic N) is 6. The molecule has 296 valence electrons. The zero-order chi connectivity index (χ0) is 40.3. The molecule has 2 aromatic heterocycles. The van der Waals surface area contributed by atoms with Crippen molar-refractivity contribution in [1.82, 2.24) is 50.2 Å². The predicted molar refractivity (Wildman–Crippen MR) is 216 cm³/mol. The highest BCUT2D eigenvalue weighted by Crippen LogP contribution is 2.34. The number of imidazole rings is 2. The number of aromatic nitrogens is 4. The highest BCUT2D eigenvalue weighted by molar-refractivity contribution is 5.88. The Morgan fingerprint density at radius 2 is 1.12 bits per heavy atom. The van der Waals surface area contributed by atoms with Crippen LogP contribution in [0.3, 0.4) is 0 Å². The Hall–Kier alpha value is -5.92. The zero-order valence-corrected chi connectivity index (χ0v) is 33.5. The van der Waals surface area contributed by atoms with Crippen molar-refractivity contribution >= 4 is 23.9 Å². The molecule has 6 amide bonds. The van der Waals surface area contributed by atoms with E-state index >= 15 is 0 Å². The minimum Gasteiger partial charge on any atom is -0.340 e. The third-order valence-electron chi connectivity index (χ3n) is 10.5. The first kappa shape index (κ1) is 39.8. The molecule has 4 heterocycles. The fourth-order valence-electron chi connectivity index (χ4n) is 7.18. The van der Waals surface area contributed by atoms with Crippen LogP contribution in [0.1, 0.15) is 64.3 Å². The summed E-state index contributed by atoms with van der Waals surface area (Å²) in [6.45, 7) is 8.78. The van der Waals surface area contributed by atoms with Crippen molar-refractivity contribution in [3.63, 3.8) is 0 Å². The number of hydrogen-bond acceptors (Lipinski definition) is 6. The third kappa shape index (κ3) is 8.48. The van der Waals surface area contributed by atoms with Crippen molar-refractivity contribution in [3.05, 3.63) is 84.7 Å². The van der Waals surface area contributed by atoms with Gasteiger partial charge in [0, 0.05) is 41.3 Å². The first-order valence-electron chi connectivity index (χ1n) is 19.3. The smallest absolute Gasteiger partial charge is 0.317 e. The second kappa shape index (κ2) is 16.8. The molecule has 2 aliphatic rings. The molecule has 1 saturated heterocycles. The summed E-state index contributed by atoms with van der Waals surface area (Å²) < 4.78 is 0. The second-order valence-electron chi connectivity index (χ2n) is 15.7. The maximum Gasteiger partial charge on any atom is 0.317 e. The molecule has 0 radical (unpaired) electrons. The van der Waals surface area contributed by atoms with Gasteiger partial charge in [0.1, 0.15) is 29.8 Å². The second-order valence-corrected chi connectivity index (χ2v) is 15.7. The number of carbonyl (C=O) groups excluding carboxylic acids is 4. The number of aromatic amines is 2. The van der Waals surface area contributed by atoms with Crippen LogP contribution in [-0.2, 0) is 9.59 Å². The van der Waals surface area contributed by atoms with E-state index in [1.807, 2.05) is 63.1 Å². The fourth-order valence-corrected chi connectivity index (χ4v) is 7.18. The summed E-state index contributed by atoms with van der Waals surface area (Å²) in [6, 6.07) is 14.1. The molecule has 2 unspecified atom stereocenters. The number of likely N-dealkylation sites (tertiary alicyclic amines) is 1. The zero-order valence-electron chi connectivity index (χ0n) is 33.5. The number of urea groups is 2. The topological polar surface area (TPSA) is 163 Å². The van der Waals surface area contributed by atoms with Crippen LogP contribution in [0.25, 0.3) is 33.6 Å². The molecule has 6 rings (SSSR count). The van der Waals surface area contributed by atoms with E-state index < -0.39 is 12.1 Å². The van der Waals surface area contributed by atoms with Gasteiger partial charge in [0.25, 0.3) is 0 Å². The van der Waals surface area contributed by atoms with Crippen LogP contribution in [-0.4, -0.2) is 117 Å². The number of benzene rings is 2. The van der Waals surface area contributed by atoms with E-state index in [2.05, 4.69) is 62.0 Å². The van der Waals surface area contributed by atoms with Crippen molar-refractivity contribution in [2.45, 2.75) is 64.7 Å². The third-order valence-corrected chi connectivity index (χ3v) is 10.5. The average Bonchev–Trinajstić information content (AvgIpc) is 4.02. The fraction of sp³-hybridized carbons (Fsp3) is 0.429. The first-order chi connectivity index (χ1) is 26.7. The molecule has 14 heteroatoms.